The van der Waals surface area contributed by atoms with Crippen LogP contribution in [0.15, 0.2) is 0 Å². The van der Waals surface area contributed by atoms with Gasteiger partial charge in [-0.1, -0.05) is 71.1 Å². The average Bonchev–Trinajstić information content (AvgIpc) is 2.52. The van der Waals surface area contributed by atoms with Crippen molar-refractivity contribution in [1.82, 2.24) is 0 Å². The Kier molecular flexibility index (Phi) is 14.9. The lowest BCUT2D eigenvalue weighted by molar-refractivity contribution is -0.242. The van der Waals surface area contributed by atoms with Gasteiger partial charge in [-0.05, 0) is 19.3 Å². The summed E-state index contributed by atoms with van der Waals surface area (Å²) in [7, 11) is -4.21. The number of unbranched alkanes of at least 4 members (excludes halogenated alkanes) is 9. The predicted octanol–water partition coefficient (Wildman–Crippen LogP) is 4.18. The monoisotopic (exact) mass is 368 g/mol. The molecule has 0 bridgehead atoms. The van der Waals surface area contributed by atoms with Crippen molar-refractivity contribution in [2.24, 2.45) is 0 Å². The average molecular weight is 369 g/mol. The quantitative estimate of drug-likeness (QED) is 0.154. The van der Waals surface area contributed by atoms with E-state index < -0.39 is 21.5 Å². The second-order valence-corrected chi connectivity index (χ2v) is 8.20. The van der Waals surface area contributed by atoms with Crippen molar-refractivity contribution in [2.75, 3.05) is 6.61 Å². The maximum atomic E-state index is 11.5. The molecule has 0 aliphatic carbocycles. The van der Waals surface area contributed by atoms with Gasteiger partial charge in [0.1, 0.15) is 5.25 Å². The smallest absolute Gasteiger partial charge is 0.270 e. The molecule has 0 aromatic heterocycles. The summed E-state index contributed by atoms with van der Waals surface area (Å²) in [6.45, 7) is 2.47. The third kappa shape index (κ3) is 13.1. The molecule has 0 amide bonds. The Morgan fingerprint density at radius 3 is 1.88 bits per heavy atom. The van der Waals surface area contributed by atoms with Gasteiger partial charge in [-0.2, -0.15) is 8.42 Å². The SMILES string of the molecule is CCCCCCCCC(C(O)CCCCCCCOO)S(=O)(=O)O. The summed E-state index contributed by atoms with van der Waals surface area (Å²) in [5.74, 6) is 0. The van der Waals surface area contributed by atoms with E-state index in [4.69, 9.17) is 5.26 Å². The summed E-state index contributed by atoms with van der Waals surface area (Å²) in [4.78, 5) is 3.99. The number of hydrogen-bond donors (Lipinski definition) is 3. The fraction of sp³-hybridized carbons (Fsp3) is 1.00. The van der Waals surface area contributed by atoms with Crippen LogP contribution in [0.2, 0.25) is 0 Å². The Labute approximate surface area is 147 Å². The Hall–Kier alpha value is -0.210. The van der Waals surface area contributed by atoms with Crippen LogP contribution in [-0.4, -0.2) is 41.3 Å². The first-order valence-corrected chi connectivity index (χ1v) is 10.8. The molecule has 7 heteroatoms. The number of aliphatic hydroxyl groups excluding tert-OH is 1. The highest BCUT2D eigenvalue weighted by atomic mass is 32.2. The topological polar surface area (TPSA) is 104 Å². The van der Waals surface area contributed by atoms with Crippen molar-refractivity contribution in [1.29, 1.82) is 0 Å². The zero-order valence-electron chi connectivity index (χ0n) is 15.0. The van der Waals surface area contributed by atoms with Gasteiger partial charge in [0, 0.05) is 0 Å². The predicted molar refractivity (Wildman–Crippen MR) is 95.6 cm³/mol. The highest BCUT2D eigenvalue weighted by Gasteiger charge is 2.29. The molecule has 0 aliphatic heterocycles. The van der Waals surface area contributed by atoms with Crippen LogP contribution >= 0.6 is 0 Å². The summed E-state index contributed by atoms with van der Waals surface area (Å²) >= 11 is 0. The van der Waals surface area contributed by atoms with Crippen LogP contribution in [0.4, 0.5) is 0 Å². The first-order chi connectivity index (χ1) is 11.4. The van der Waals surface area contributed by atoms with Crippen molar-refractivity contribution in [3.8, 4) is 0 Å². The minimum atomic E-state index is -4.21. The van der Waals surface area contributed by atoms with Crippen LogP contribution in [0, 0.1) is 0 Å². The molecule has 0 spiro atoms. The molecule has 0 aromatic rings. The molecule has 3 N–H and O–H groups in total. The Balaban J connectivity index is 3.98. The molecule has 2 atom stereocenters. The van der Waals surface area contributed by atoms with Gasteiger partial charge in [-0.3, -0.25) is 9.81 Å². The highest BCUT2D eigenvalue weighted by molar-refractivity contribution is 7.86. The molecular weight excluding hydrogens is 332 g/mol. The van der Waals surface area contributed by atoms with Gasteiger partial charge < -0.3 is 5.11 Å². The van der Waals surface area contributed by atoms with Crippen LogP contribution in [-0.2, 0) is 15.0 Å². The highest BCUT2D eigenvalue weighted by Crippen LogP contribution is 2.19. The van der Waals surface area contributed by atoms with E-state index >= 15 is 0 Å². The summed E-state index contributed by atoms with van der Waals surface area (Å²) < 4.78 is 32.4. The number of aliphatic hydroxyl groups is 1. The van der Waals surface area contributed by atoms with Gasteiger partial charge >= 0.3 is 0 Å². The van der Waals surface area contributed by atoms with Crippen LogP contribution in [0.5, 0.6) is 0 Å². The second kappa shape index (κ2) is 15.1. The molecule has 6 nitrogen and oxygen atoms in total. The van der Waals surface area contributed by atoms with Crippen LogP contribution in [0.1, 0.15) is 90.4 Å². The first kappa shape index (κ1) is 23.8. The summed E-state index contributed by atoms with van der Waals surface area (Å²) in [5.41, 5.74) is 0. The van der Waals surface area contributed by atoms with Crippen molar-refractivity contribution < 1.29 is 28.2 Å². The molecule has 0 aliphatic rings. The van der Waals surface area contributed by atoms with Gasteiger partial charge in [-0.15, -0.1) is 0 Å². The van der Waals surface area contributed by atoms with Crippen molar-refractivity contribution >= 4 is 10.1 Å². The van der Waals surface area contributed by atoms with Gasteiger partial charge in [0.2, 0.25) is 0 Å². The second-order valence-electron chi connectivity index (χ2n) is 6.57. The van der Waals surface area contributed by atoms with Crippen molar-refractivity contribution in [3.63, 3.8) is 0 Å². The van der Waals surface area contributed by atoms with Crippen LogP contribution in [0.3, 0.4) is 0 Å². The fourth-order valence-electron chi connectivity index (χ4n) is 2.90. The molecule has 0 saturated carbocycles. The lowest BCUT2D eigenvalue weighted by atomic mass is 10.0. The maximum absolute atomic E-state index is 11.5. The number of rotatable bonds is 17. The van der Waals surface area contributed by atoms with Gasteiger partial charge in [0.25, 0.3) is 10.1 Å². The van der Waals surface area contributed by atoms with Crippen LogP contribution < -0.4 is 0 Å². The van der Waals surface area contributed by atoms with Crippen LogP contribution in [0.25, 0.3) is 0 Å². The van der Waals surface area contributed by atoms with E-state index in [-0.39, 0.29) is 0 Å². The molecule has 146 valence electrons. The van der Waals surface area contributed by atoms with E-state index in [0.29, 0.717) is 25.9 Å². The van der Waals surface area contributed by atoms with E-state index in [1.54, 1.807) is 0 Å². The van der Waals surface area contributed by atoms with Gasteiger partial charge in [0.05, 0.1) is 12.7 Å². The molecule has 0 radical (unpaired) electrons. The third-order valence-corrected chi connectivity index (χ3v) is 5.70. The summed E-state index contributed by atoms with van der Waals surface area (Å²) in [6, 6.07) is 0. The zero-order valence-corrected chi connectivity index (χ0v) is 15.8. The Bertz CT molecular complexity index is 371. The molecule has 0 saturated heterocycles. The molecular formula is C17H36O6S. The first-order valence-electron chi connectivity index (χ1n) is 9.34. The van der Waals surface area contributed by atoms with Gasteiger partial charge in [-0.25, -0.2) is 4.89 Å². The third-order valence-electron chi connectivity index (χ3n) is 4.39. The summed E-state index contributed by atoms with van der Waals surface area (Å²) in [5, 5.41) is 17.3. The summed E-state index contributed by atoms with van der Waals surface area (Å²) in [6.07, 6.45) is 10.2. The van der Waals surface area contributed by atoms with E-state index in [1.807, 2.05) is 0 Å². The lowest BCUT2D eigenvalue weighted by Crippen LogP contribution is -2.33. The largest absolute Gasteiger partial charge is 0.392 e. The standard InChI is InChI=1S/C17H36O6S/c1-2-3-4-5-8-11-14-17(24(20,21)22)16(18)13-10-7-6-9-12-15-23-19/h16-19H,2-15H2,1H3,(H,20,21,22). The molecule has 2 unspecified atom stereocenters. The minimum Gasteiger partial charge on any atom is -0.392 e. The van der Waals surface area contributed by atoms with E-state index in [1.165, 1.54) is 12.8 Å². The molecule has 0 rings (SSSR count). The maximum Gasteiger partial charge on any atom is 0.270 e. The normalized spacial score (nSPS) is 14.7. The zero-order chi connectivity index (χ0) is 18.3. The lowest BCUT2D eigenvalue weighted by Gasteiger charge is -2.20. The van der Waals surface area contributed by atoms with Crippen molar-refractivity contribution in [3.05, 3.63) is 0 Å². The molecule has 0 aromatic carbocycles. The Morgan fingerprint density at radius 2 is 1.33 bits per heavy atom. The molecule has 24 heavy (non-hydrogen) atoms. The molecule has 0 fully saturated rings. The van der Waals surface area contributed by atoms with E-state index in [2.05, 4.69) is 11.8 Å². The van der Waals surface area contributed by atoms with Crippen molar-refractivity contribution in [2.45, 2.75) is 102 Å². The van der Waals surface area contributed by atoms with Gasteiger partial charge in [0.15, 0.2) is 0 Å². The number of hydrogen-bond acceptors (Lipinski definition) is 5. The Morgan fingerprint density at radius 1 is 0.833 bits per heavy atom. The molecule has 0 heterocycles. The fourth-order valence-corrected chi connectivity index (χ4v) is 3.90. The van der Waals surface area contributed by atoms with E-state index in [9.17, 15) is 18.1 Å². The van der Waals surface area contributed by atoms with E-state index in [0.717, 1.165) is 51.4 Å². The minimum absolute atomic E-state index is 0.319.